The van der Waals surface area contributed by atoms with Gasteiger partial charge in [0.2, 0.25) is 0 Å². The Labute approximate surface area is 271 Å². The summed E-state index contributed by atoms with van der Waals surface area (Å²) in [4.78, 5) is 20.6. The first kappa shape index (κ1) is 30.4. The fourth-order valence-electron chi connectivity index (χ4n) is 4.11. The molecule has 42 heavy (non-hydrogen) atoms. The van der Waals surface area contributed by atoms with Gasteiger partial charge in [-0.15, -0.1) is 0 Å². The SMILES string of the molecule is COc1cc(/C=C2/SC(=Nc3ccc(C)c(Cl)c3)N(c3ccc(C)c(Cl)c3)C2=O)cc(I)c1OCc1ccc(F)cc1. The van der Waals surface area contributed by atoms with Crippen LogP contribution in [0.4, 0.5) is 15.8 Å². The van der Waals surface area contributed by atoms with Gasteiger partial charge >= 0.3 is 0 Å². The van der Waals surface area contributed by atoms with Crippen LogP contribution in [0.2, 0.25) is 10.0 Å². The van der Waals surface area contributed by atoms with E-state index in [-0.39, 0.29) is 18.3 Å². The molecule has 0 saturated carbocycles. The Kier molecular flexibility index (Phi) is 9.47. The summed E-state index contributed by atoms with van der Waals surface area (Å²) in [5.74, 6) is 0.533. The first-order valence-electron chi connectivity index (χ1n) is 12.7. The lowest BCUT2D eigenvalue weighted by Gasteiger charge is -2.17. The van der Waals surface area contributed by atoms with E-state index >= 15 is 0 Å². The maximum absolute atomic E-state index is 13.8. The molecular weight excluding hydrogens is 709 g/mol. The van der Waals surface area contributed by atoms with Crippen molar-refractivity contribution >= 4 is 86.1 Å². The third kappa shape index (κ3) is 6.78. The summed E-state index contributed by atoms with van der Waals surface area (Å²) in [6, 6.07) is 20.9. The Balaban J connectivity index is 1.49. The summed E-state index contributed by atoms with van der Waals surface area (Å²) in [5.41, 5.74) is 4.66. The van der Waals surface area contributed by atoms with Crippen LogP contribution in [0.5, 0.6) is 11.5 Å². The van der Waals surface area contributed by atoms with Crippen LogP contribution >= 0.6 is 57.6 Å². The second-order valence-corrected chi connectivity index (χ2v) is 12.4. The Bertz CT molecular complexity index is 1740. The molecule has 0 aromatic heterocycles. The van der Waals surface area contributed by atoms with Gasteiger partial charge in [-0.2, -0.15) is 0 Å². The second kappa shape index (κ2) is 13.1. The number of halogens is 4. The third-order valence-corrected chi connectivity index (χ3v) is 9.03. The molecule has 1 aliphatic rings. The standard InChI is InChI=1S/C32H24Cl2FIN2O3S/c1-18-4-10-23(15-25(18)33)37-32-38(24-11-5-19(2)26(34)16-24)31(39)29(42-32)14-21-12-27(36)30(28(13-21)40-3)41-17-20-6-8-22(35)9-7-20/h4-16H,17H2,1-3H3/b29-14+,37-32?. The van der Waals surface area contributed by atoms with E-state index in [1.54, 1.807) is 42.4 Å². The van der Waals surface area contributed by atoms with Crippen LogP contribution in [-0.2, 0) is 11.4 Å². The van der Waals surface area contributed by atoms with Crippen LogP contribution in [0, 0.1) is 23.2 Å². The number of aryl methyl sites for hydroxylation is 2. The lowest BCUT2D eigenvalue weighted by atomic mass is 10.1. The van der Waals surface area contributed by atoms with Crippen molar-refractivity contribution in [1.82, 2.24) is 0 Å². The third-order valence-electron chi connectivity index (χ3n) is 6.45. The Morgan fingerprint density at radius 3 is 2.33 bits per heavy atom. The molecule has 1 aliphatic heterocycles. The maximum Gasteiger partial charge on any atom is 0.271 e. The molecule has 1 amide bonds. The summed E-state index contributed by atoms with van der Waals surface area (Å²) in [7, 11) is 1.56. The summed E-state index contributed by atoms with van der Waals surface area (Å²) in [5, 5.41) is 1.62. The molecule has 0 N–H and O–H groups in total. The molecule has 0 radical (unpaired) electrons. The lowest BCUT2D eigenvalue weighted by Crippen LogP contribution is -2.28. The zero-order valence-corrected chi connectivity index (χ0v) is 27.2. The van der Waals surface area contributed by atoms with Crippen LogP contribution in [0.25, 0.3) is 6.08 Å². The number of amides is 1. The zero-order valence-electron chi connectivity index (χ0n) is 22.8. The summed E-state index contributed by atoms with van der Waals surface area (Å²) in [6.45, 7) is 4.07. The summed E-state index contributed by atoms with van der Waals surface area (Å²) >= 11 is 16.2. The van der Waals surface area contributed by atoms with Crippen molar-refractivity contribution in [2.75, 3.05) is 12.0 Å². The molecule has 5 nitrogen and oxygen atoms in total. The van der Waals surface area contributed by atoms with Crippen molar-refractivity contribution in [1.29, 1.82) is 0 Å². The second-order valence-electron chi connectivity index (χ2n) is 9.46. The normalized spacial score (nSPS) is 15.1. The van der Waals surface area contributed by atoms with Crippen LogP contribution in [-0.4, -0.2) is 18.2 Å². The largest absolute Gasteiger partial charge is 0.493 e. The summed E-state index contributed by atoms with van der Waals surface area (Å²) < 4.78 is 25.7. The molecule has 214 valence electrons. The molecule has 1 heterocycles. The van der Waals surface area contributed by atoms with Gasteiger partial charge in [-0.25, -0.2) is 9.38 Å². The van der Waals surface area contributed by atoms with Gasteiger partial charge in [0.25, 0.3) is 5.91 Å². The van der Waals surface area contributed by atoms with Gasteiger partial charge in [0, 0.05) is 10.0 Å². The minimum Gasteiger partial charge on any atom is -0.493 e. The molecule has 5 rings (SSSR count). The van der Waals surface area contributed by atoms with Gasteiger partial charge in [-0.1, -0.05) is 47.5 Å². The minimum atomic E-state index is -0.303. The maximum atomic E-state index is 13.8. The van der Waals surface area contributed by atoms with E-state index in [0.717, 1.165) is 25.8 Å². The van der Waals surface area contributed by atoms with Gasteiger partial charge in [-0.3, -0.25) is 9.69 Å². The van der Waals surface area contributed by atoms with Crippen molar-refractivity contribution in [3.05, 3.63) is 119 Å². The molecule has 4 aromatic carbocycles. The first-order valence-corrected chi connectivity index (χ1v) is 15.4. The molecule has 4 aromatic rings. The van der Waals surface area contributed by atoms with E-state index in [2.05, 4.69) is 22.6 Å². The number of methoxy groups -OCH3 is 1. The average molecular weight is 733 g/mol. The number of carbonyl (C=O) groups is 1. The number of benzene rings is 4. The molecule has 0 bridgehead atoms. The fourth-order valence-corrected chi connectivity index (χ4v) is 6.24. The number of ether oxygens (including phenoxy) is 2. The fraction of sp³-hybridized carbons (Fsp3) is 0.125. The highest BCUT2D eigenvalue weighted by Crippen LogP contribution is 2.41. The number of aliphatic imine (C=N–C) groups is 1. The highest BCUT2D eigenvalue weighted by atomic mass is 127. The van der Waals surface area contributed by atoms with E-state index in [1.165, 1.54) is 23.9 Å². The van der Waals surface area contributed by atoms with E-state index in [0.29, 0.717) is 43.0 Å². The van der Waals surface area contributed by atoms with Gasteiger partial charge in [-0.05, 0) is 125 Å². The minimum absolute atomic E-state index is 0.234. The molecular formula is C32H24Cl2FIN2O3S. The number of hydrogen-bond donors (Lipinski definition) is 0. The van der Waals surface area contributed by atoms with Crippen molar-refractivity contribution in [3.63, 3.8) is 0 Å². The van der Waals surface area contributed by atoms with Crippen LogP contribution in [0.3, 0.4) is 0 Å². The molecule has 10 heteroatoms. The van der Waals surface area contributed by atoms with E-state index in [9.17, 15) is 9.18 Å². The topological polar surface area (TPSA) is 51.1 Å². The van der Waals surface area contributed by atoms with Gasteiger partial charge in [0.05, 0.1) is 27.0 Å². The number of hydrogen-bond acceptors (Lipinski definition) is 5. The van der Waals surface area contributed by atoms with E-state index in [1.807, 2.05) is 50.2 Å². The van der Waals surface area contributed by atoms with E-state index in [4.69, 9.17) is 37.7 Å². The molecule has 1 fully saturated rings. The van der Waals surface area contributed by atoms with Crippen molar-refractivity contribution in [2.24, 2.45) is 4.99 Å². The number of anilines is 1. The number of rotatable bonds is 7. The van der Waals surface area contributed by atoms with E-state index < -0.39 is 0 Å². The number of amidine groups is 1. The smallest absolute Gasteiger partial charge is 0.271 e. The lowest BCUT2D eigenvalue weighted by molar-refractivity contribution is -0.113. The van der Waals surface area contributed by atoms with Crippen molar-refractivity contribution in [3.8, 4) is 11.5 Å². The zero-order chi connectivity index (χ0) is 30.0. The Hall–Kier alpha value is -3.05. The van der Waals surface area contributed by atoms with Crippen molar-refractivity contribution < 1.29 is 18.7 Å². The van der Waals surface area contributed by atoms with Crippen LogP contribution < -0.4 is 14.4 Å². The van der Waals surface area contributed by atoms with Gasteiger partial charge < -0.3 is 9.47 Å². The Morgan fingerprint density at radius 1 is 0.976 bits per heavy atom. The summed E-state index contributed by atoms with van der Waals surface area (Å²) in [6.07, 6.45) is 1.80. The van der Waals surface area contributed by atoms with Crippen LogP contribution in [0.15, 0.2) is 82.7 Å². The Morgan fingerprint density at radius 2 is 1.67 bits per heavy atom. The van der Waals surface area contributed by atoms with Crippen molar-refractivity contribution in [2.45, 2.75) is 20.5 Å². The number of thioether (sulfide) groups is 1. The molecule has 0 unspecified atom stereocenters. The predicted octanol–water partition coefficient (Wildman–Crippen LogP) is 9.75. The first-order chi connectivity index (χ1) is 20.1. The number of nitrogens with zero attached hydrogens (tertiary/aromatic N) is 2. The molecule has 0 aliphatic carbocycles. The quantitative estimate of drug-likeness (QED) is 0.140. The van der Waals surface area contributed by atoms with Crippen LogP contribution in [0.1, 0.15) is 22.3 Å². The molecule has 0 atom stereocenters. The molecule has 0 spiro atoms. The predicted molar refractivity (Wildman–Crippen MR) is 179 cm³/mol. The average Bonchev–Trinajstić information content (AvgIpc) is 3.26. The monoisotopic (exact) mass is 732 g/mol. The number of carbonyl (C=O) groups excluding carboxylic acids is 1. The van der Waals surface area contributed by atoms with Gasteiger partial charge in [0.15, 0.2) is 16.7 Å². The highest BCUT2D eigenvalue weighted by molar-refractivity contribution is 14.1. The van der Waals surface area contributed by atoms with Gasteiger partial charge in [0.1, 0.15) is 12.4 Å². The molecule has 1 saturated heterocycles. The highest BCUT2D eigenvalue weighted by Gasteiger charge is 2.35.